The van der Waals surface area contributed by atoms with Crippen LogP contribution in [-0.4, -0.2) is 41.2 Å². The summed E-state index contributed by atoms with van der Waals surface area (Å²) >= 11 is 6.15. The van der Waals surface area contributed by atoms with Crippen molar-refractivity contribution < 1.29 is 4.52 Å². The fourth-order valence-electron chi connectivity index (χ4n) is 2.66. The number of rotatable bonds is 4. The molecular formula is C15H19ClN4O. The average Bonchev–Trinajstić information content (AvgIpc) is 2.97. The molecule has 6 heteroatoms. The van der Waals surface area contributed by atoms with Gasteiger partial charge >= 0.3 is 0 Å². The van der Waals surface area contributed by atoms with Crippen LogP contribution in [0.1, 0.15) is 18.7 Å². The standard InChI is InChI=1S/C15H19ClN4O/c1-20(11-6-8-17-9-7-11)10-14-18-15(21-19-14)12-4-2-3-5-13(12)16/h2-5,11,17H,6-10H2,1H3. The highest BCUT2D eigenvalue weighted by Gasteiger charge is 2.20. The Bertz CT molecular complexity index is 595. The van der Waals surface area contributed by atoms with Crippen molar-refractivity contribution in [1.29, 1.82) is 0 Å². The Hall–Kier alpha value is -1.43. The lowest BCUT2D eigenvalue weighted by atomic mass is 10.1. The van der Waals surface area contributed by atoms with Crippen LogP contribution in [0.4, 0.5) is 0 Å². The van der Waals surface area contributed by atoms with Gasteiger partial charge in [-0.3, -0.25) is 4.90 Å². The highest BCUT2D eigenvalue weighted by atomic mass is 35.5. The van der Waals surface area contributed by atoms with Crippen LogP contribution in [0.25, 0.3) is 11.5 Å². The number of nitrogens with zero attached hydrogens (tertiary/aromatic N) is 3. The van der Waals surface area contributed by atoms with E-state index in [0.29, 0.717) is 29.3 Å². The first-order valence-electron chi connectivity index (χ1n) is 7.22. The molecule has 0 radical (unpaired) electrons. The Morgan fingerprint density at radius 1 is 1.33 bits per heavy atom. The SMILES string of the molecule is CN(Cc1noc(-c2ccccc2Cl)n1)C1CCNCC1. The second-order valence-corrected chi connectivity index (χ2v) is 5.80. The summed E-state index contributed by atoms with van der Waals surface area (Å²) in [6, 6.07) is 8.08. The smallest absolute Gasteiger partial charge is 0.259 e. The summed E-state index contributed by atoms with van der Waals surface area (Å²) in [6.07, 6.45) is 2.32. The van der Waals surface area contributed by atoms with Crippen molar-refractivity contribution in [3.63, 3.8) is 0 Å². The molecule has 1 aliphatic heterocycles. The molecule has 0 saturated carbocycles. The molecule has 112 valence electrons. The van der Waals surface area contributed by atoms with Crippen molar-refractivity contribution in [2.45, 2.75) is 25.4 Å². The predicted molar refractivity (Wildman–Crippen MR) is 82.1 cm³/mol. The summed E-state index contributed by atoms with van der Waals surface area (Å²) in [4.78, 5) is 6.75. The first kappa shape index (κ1) is 14.5. The van der Waals surface area contributed by atoms with Gasteiger partial charge in [-0.2, -0.15) is 4.98 Å². The first-order valence-corrected chi connectivity index (χ1v) is 7.60. The summed E-state index contributed by atoms with van der Waals surface area (Å²) in [5.41, 5.74) is 0.780. The average molecular weight is 307 g/mol. The maximum atomic E-state index is 6.15. The van der Waals surface area contributed by atoms with Crippen LogP contribution in [0.3, 0.4) is 0 Å². The van der Waals surface area contributed by atoms with E-state index in [1.54, 1.807) is 0 Å². The molecule has 2 aromatic rings. The summed E-state index contributed by atoms with van der Waals surface area (Å²) in [5.74, 6) is 1.18. The van der Waals surface area contributed by atoms with Crippen molar-refractivity contribution >= 4 is 11.6 Å². The molecule has 0 bridgehead atoms. The van der Waals surface area contributed by atoms with Crippen molar-refractivity contribution in [3.05, 3.63) is 35.1 Å². The minimum atomic E-state index is 0.481. The van der Waals surface area contributed by atoms with E-state index in [1.165, 1.54) is 0 Å². The number of hydrogen-bond acceptors (Lipinski definition) is 5. The molecular weight excluding hydrogens is 288 g/mol. The third kappa shape index (κ3) is 3.43. The molecule has 21 heavy (non-hydrogen) atoms. The lowest BCUT2D eigenvalue weighted by Gasteiger charge is -2.30. The van der Waals surface area contributed by atoms with Gasteiger partial charge in [0.25, 0.3) is 5.89 Å². The Morgan fingerprint density at radius 3 is 2.86 bits per heavy atom. The van der Waals surface area contributed by atoms with Crippen LogP contribution in [-0.2, 0) is 6.54 Å². The van der Waals surface area contributed by atoms with Gasteiger partial charge in [0.05, 0.1) is 17.1 Å². The maximum Gasteiger partial charge on any atom is 0.259 e. The summed E-state index contributed by atoms with van der Waals surface area (Å²) in [7, 11) is 2.11. The van der Waals surface area contributed by atoms with Gasteiger partial charge in [-0.1, -0.05) is 28.9 Å². The lowest BCUT2D eigenvalue weighted by molar-refractivity contribution is 0.186. The van der Waals surface area contributed by atoms with E-state index in [-0.39, 0.29) is 0 Å². The zero-order chi connectivity index (χ0) is 14.7. The van der Waals surface area contributed by atoms with Crippen molar-refractivity contribution in [1.82, 2.24) is 20.4 Å². The zero-order valence-corrected chi connectivity index (χ0v) is 12.8. The van der Waals surface area contributed by atoms with Crippen molar-refractivity contribution in [3.8, 4) is 11.5 Å². The Morgan fingerprint density at radius 2 is 2.10 bits per heavy atom. The number of benzene rings is 1. The zero-order valence-electron chi connectivity index (χ0n) is 12.1. The highest BCUT2D eigenvalue weighted by molar-refractivity contribution is 6.33. The van der Waals surface area contributed by atoms with Gasteiger partial charge in [-0.25, -0.2) is 0 Å². The number of hydrogen-bond donors (Lipinski definition) is 1. The number of aromatic nitrogens is 2. The Labute approximate surface area is 129 Å². The molecule has 1 aromatic heterocycles. The quantitative estimate of drug-likeness (QED) is 0.941. The first-order chi connectivity index (χ1) is 10.2. The van der Waals surface area contributed by atoms with Crippen LogP contribution in [0.2, 0.25) is 5.02 Å². The van der Waals surface area contributed by atoms with Crippen molar-refractivity contribution in [2.75, 3.05) is 20.1 Å². The van der Waals surface area contributed by atoms with Crippen LogP contribution < -0.4 is 5.32 Å². The molecule has 1 fully saturated rings. The number of halogens is 1. The van der Waals surface area contributed by atoms with Crippen LogP contribution >= 0.6 is 11.6 Å². The third-order valence-electron chi connectivity index (χ3n) is 3.90. The van der Waals surface area contributed by atoms with E-state index in [9.17, 15) is 0 Å². The molecule has 1 aromatic carbocycles. The van der Waals surface area contributed by atoms with Crippen molar-refractivity contribution in [2.24, 2.45) is 0 Å². The van der Waals surface area contributed by atoms with Crippen LogP contribution in [0.15, 0.2) is 28.8 Å². The monoisotopic (exact) mass is 306 g/mol. The number of nitrogens with one attached hydrogen (secondary N) is 1. The second kappa shape index (κ2) is 6.56. The van der Waals surface area contributed by atoms with Gasteiger partial charge in [0.2, 0.25) is 0 Å². The van der Waals surface area contributed by atoms with E-state index in [1.807, 2.05) is 24.3 Å². The molecule has 0 atom stereocenters. The minimum absolute atomic E-state index is 0.481. The second-order valence-electron chi connectivity index (χ2n) is 5.39. The largest absolute Gasteiger partial charge is 0.334 e. The van der Waals surface area contributed by atoms with Gasteiger partial charge < -0.3 is 9.84 Å². The van der Waals surface area contributed by atoms with Crippen LogP contribution in [0, 0.1) is 0 Å². The summed E-state index contributed by atoms with van der Waals surface area (Å²) in [5, 5.41) is 8.07. The Kier molecular flexibility index (Phi) is 4.53. The normalized spacial score (nSPS) is 16.5. The molecule has 2 heterocycles. The molecule has 1 saturated heterocycles. The molecule has 1 aliphatic rings. The highest BCUT2D eigenvalue weighted by Crippen LogP contribution is 2.26. The lowest BCUT2D eigenvalue weighted by Crippen LogP contribution is -2.40. The Balaban J connectivity index is 1.69. The van der Waals surface area contributed by atoms with Gasteiger partial charge in [-0.05, 0) is 45.1 Å². The van der Waals surface area contributed by atoms with E-state index < -0.39 is 0 Å². The molecule has 3 rings (SSSR count). The topological polar surface area (TPSA) is 54.2 Å². The van der Waals surface area contributed by atoms with Gasteiger partial charge in [0.1, 0.15) is 0 Å². The number of piperidine rings is 1. The minimum Gasteiger partial charge on any atom is -0.334 e. The van der Waals surface area contributed by atoms with Gasteiger partial charge in [-0.15, -0.1) is 0 Å². The summed E-state index contributed by atoms with van der Waals surface area (Å²) in [6.45, 7) is 2.84. The summed E-state index contributed by atoms with van der Waals surface area (Å²) < 4.78 is 5.34. The maximum absolute atomic E-state index is 6.15. The molecule has 0 aliphatic carbocycles. The van der Waals surface area contributed by atoms with E-state index in [0.717, 1.165) is 31.5 Å². The van der Waals surface area contributed by atoms with Gasteiger partial charge in [0.15, 0.2) is 5.82 Å². The van der Waals surface area contributed by atoms with Crippen LogP contribution in [0.5, 0.6) is 0 Å². The van der Waals surface area contributed by atoms with E-state index in [2.05, 4.69) is 27.4 Å². The van der Waals surface area contributed by atoms with Gasteiger partial charge in [0, 0.05) is 6.04 Å². The molecule has 5 nitrogen and oxygen atoms in total. The third-order valence-corrected chi connectivity index (χ3v) is 4.22. The fraction of sp³-hybridized carbons (Fsp3) is 0.467. The molecule has 1 N–H and O–H groups in total. The van der Waals surface area contributed by atoms with E-state index >= 15 is 0 Å². The molecule has 0 spiro atoms. The molecule has 0 unspecified atom stereocenters. The van der Waals surface area contributed by atoms with E-state index in [4.69, 9.17) is 16.1 Å². The molecule has 0 amide bonds. The predicted octanol–water partition coefficient (Wildman–Crippen LogP) is 2.57. The fourth-order valence-corrected chi connectivity index (χ4v) is 2.88.